The van der Waals surface area contributed by atoms with E-state index in [-0.39, 0.29) is 5.56 Å². The minimum atomic E-state index is -0.991. The molecule has 0 saturated carbocycles. The van der Waals surface area contributed by atoms with Gasteiger partial charge in [0.05, 0.1) is 34.9 Å². The third-order valence-electron chi connectivity index (χ3n) is 4.32. The number of aromatic carboxylic acids is 1. The van der Waals surface area contributed by atoms with Gasteiger partial charge in [-0.1, -0.05) is 23.7 Å². The van der Waals surface area contributed by atoms with Crippen molar-refractivity contribution < 1.29 is 9.90 Å². The van der Waals surface area contributed by atoms with Crippen LogP contribution in [0.1, 0.15) is 15.9 Å². The molecule has 0 saturated heterocycles. The van der Waals surface area contributed by atoms with Gasteiger partial charge in [0.1, 0.15) is 0 Å². The van der Waals surface area contributed by atoms with Crippen molar-refractivity contribution in [3.63, 3.8) is 0 Å². The molecule has 1 aromatic carbocycles. The number of hydrogen-bond acceptors (Lipinski definition) is 4. The third-order valence-corrected chi connectivity index (χ3v) is 4.58. The fraction of sp³-hybridized carbons (Fsp3) is 0.100. The number of aromatic nitrogens is 4. The third kappa shape index (κ3) is 3.66. The Morgan fingerprint density at radius 3 is 2.59 bits per heavy atom. The molecule has 0 bridgehead atoms. The maximum atomic E-state index is 11.1. The summed E-state index contributed by atoms with van der Waals surface area (Å²) in [5, 5.41) is 15.2. The van der Waals surface area contributed by atoms with Gasteiger partial charge in [-0.05, 0) is 42.3 Å². The number of carboxylic acids is 1. The van der Waals surface area contributed by atoms with E-state index < -0.39 is 5.97 Å². The second kappa shape index (κ2) is 7.17. The van der Waals surface area contributed by atoms with E-state index in [2.05, 4.69) is 15.1 Å². The average molecular weight is 379 g/mol. The number of carbonyl (C=O) groups is 1. The monoisotopic (exact) mass is 378 g/mol. The number of nitrogens with zero attached hydrogens (tertiary/aromatic N) is 4. The highest BCUT2D eigenvalue weighted by Gasteiger charge is 2.10. The van der Waals surface area contributed by atoms with Crippen molar-refractivity contribution in [1.29, 1.82) is 0 Å². The molecule has 0 radical (unpaired) electrons. The Morgan fingerprint density at radius 2 is 1.81 bits per heavy atom. The molecule has 1 N–H and O–H groups in total. The quantitative estimate of drug-likeness (QED) is 0.565. The van der Waals surface area contributed by atoms with E-state index in [0.29, 0.717) is 11.4 Å². The molecule has 0 unspecified atom stereocenters. The van der Waals surface area contributed by atoms with Crippen LogP contribution in [0.5, 0.6) is 0 Å². The van der Waals surface area contributed by atoms with Crippen LogP contribution in [0.3, 0.4) is 0 Å². The van der Waals surface area contributed by atoms with Crippen molar-refractivity contribution in [2.45, 2.75) is 13.0 Å². The standard InChI is InChI=1S/C20H15ClN4O2/c21-16-3-1-13(2-4-16)6-8-25-19-12-23-18(10-15(19)11-24-25)17-9-14(20(26)27)5-7-22-17/h1-5,7,9-12H,6,8H2,(H,26,27). The average Bonchev–Trinajstić information content (AvgIpc) is 3.10. The van der Waals surface area contributed by atoms with Gasteiger partial charge in [-0.25, -0.2) is 4.79 Å². The van der Waals surface area contributed by atoms with E-state index in [1.54, 1.807) is 12.4 Å². The van der Waals surface area contributed by atoms with Gasteiger partial charge in [0.15, 0.2) is 0 Å². The summed E-state index contributed by atoms with van der Waals surface area (Å²) in [6.45, 7) is 0.721. The first kappa shape index (κ1) is 17.2. The van der Waals surface area contributed by atoms with Gasteiger partial charge in [-0.3, -0.25) is 14.6 Å². The van der Waals surface area contributed by atoms with Crippen LogP contribution in [0.15, 0.2) is 61.1 Å². The molecule has 0 fully saturated rings. The van der Waals surface area contributed by atoms with Crippen LogP contribution in [0.25, 0.3) is 22.3 Å². The van der Waals surface area contributed by atoms with Gasteiger partial charge in [-0.15, -0.1) is 0 Å². The Balaban J connectivity index is 1.59. The van der Waals surface area contributed by atoms with Crippen LogP contribution in [0.4, 0.5) is 0 Å². The molecule has 0 atom stereocenters. The minimum Gasteiger partial charge on any atom is -0.478 e. The topological polar surface area (TPSA) is 80.9 Å². The molecule has 6 nitrogen and oxygen atoms in total. The van der Waals surface area contributed by atoms with Crippen LogP contribution in [-0.4, -0.2) is 30.8 Å². The molecule has 4 rings (SSSR count). The Labute approximate surface area is 160 Å². The van der Waals surface area contributed by atoms with E-state index in [0.717, 1.165) is 28.9 Å². The summed E-state index contributed by atoms with van der Waals surface area (Å²) in [6, 6.07) is 12.6. The Bertz CT molecular complexity index is 1120. The fourth-order valence-corrected chi connectivity index (χ4v) is 3.01. The molecular weight excluding hydrogens is 364 g/mol. The number of pyridine rings is 2. The van der Waals surface area contributed by atoms with Crippen LogP contribution in [0, 0.1) is 0 Å². The highest BCUT2D eigenvalue weighted by Crippen LogP contribution is 2.21. The highest BCUT2D eigenvalue weighted by molar-refractivity contribution is 6.30. The molecule has 0 aliphatic rings. The first-order valence-corrected chi connectivity index (χ1v) is 8.74. The molecule has 0 aliphatic carbocycles. The molecule has 0 amide bonds. The zero-order valence-corrected chi connectivity index (χ0v) is 15.0. The Kier molecular flexibility index (Phi) is 4.56. The molecule has 4 aromatic rings. The number of hydrogen-bond donors (Lipinski definition) is 1. The van der Waals surface area contributed by atoms with E-state index in [9.17, 15) is 4.79 Å². The maximum Gasteiger partial charge on any atom is 0.335 e. The van der Waals surface area contributed by atoms with Crippen LogP contribution < -0.4 is 0 Å². The second-order valence-electron chi connectivity index (χ2n) is 6.11. The molecule has 7 heteroatoms. The fourth-order valence-electron chi connectivity index (χ4n) is 2.88. The lowest BCUT2D eigenvalue weighted by atomic mass is 10.1. The molecular formula is C20H15ClN4O2. The minimum absolute atomic E-state index is 0.181. The van der Waals surface area contributed by atoms with Crippen molar-refractivity contribution in [3.05, 3.63) is 77.2 Å². The van der Waals surface area contributed by atoms with Crippen molar-refractivity contribution in [2.75, 3.05) is 0 Å². The number of benzene rings is 1. The summed E-state index contributed by atoms with van der Waals surface area (Å²) >= 11 is 5.92. The normalized spacial score (nSPS) is 11.0. The molecule has 0 aliphatic heterocycles. The van der Waals surface area contributed by atoms with Crippen molar-refractivity contribution in [2.24, 2.45) is 0 Å². The Morgan fingerprint density at radius 1 is 1.04 bits per heavy atom. The summed E-state index contributed by atoms with van der Waals surface area (Å²) < 4.78 is 1.90. The summed E-state index contributed by atoms with van der Waals surface area (Å²) in [7, 11) is 0. The van der Waals surface area contributed by atoms with Gasteiger partial charge in [0.25, 0.3) is 0 Å². The maximum absolute atomic E-state index is 11.1. The largest absolute Gasteiger partial charge is 0.478 e. The van der Waals surface area contributed by atoms with E-state index >= 15 is 0 Å². The van der Waals surface area contributed by atoms with Crippen molar-refractivity contribution >= 4 is 28.5 Å². The van der Waals surface area contributed by atoms with Gasteiger partial charge in [0, 0.05) is 23.2 Å². The number of aryl methyl sites for hydroxylation is 2. The molecule has 3 heterocycles. The van der Waals surface area contributed by atoms with Crippen LogP contribution >= 0.6 is 11.6 Å². The Hall–Kier alpha value is -3.25. The number of halogens is 1. The zero-order valence-electron chi connectivity index (χ0n) is 14.2. The van der Waals surface area contributed by atoms with E-state index in [4.69, 9.17) is 16.7 Å². The molecule has 27 heavy (non-hydrogen) atoms. The van der Waals surface area contributed by atoms with Gasteiger partial charge >= 0.3 is 5.97 Å². The molecule has 3 aromatic heterocycles. The number of fused-ring (bicyclic) bond motifs is 1. The number of carboxylic acid groups (broad SMARTS) is 1. The van der Waals surface area contributed by atoms with E-state index in [1.165, 1.54) is 23.9 Å². The lowest BCUT2D eigenvalue weighted by Gasteiger charge is -2.05. The summed E-state index contributed by atoms with van der Waals surface area (Å²) in [5.74, 6) is -0.991. The predicted octanol–water partition coefficient (Wildman–Crippen LogP) is 4.09. The van der Waals surface area contributed by atoms with Crippen molar-refractivity contribution in [1.82, 2.24) is 19.7 Å². The van der Waals surface area contributed by atoms with Gasteiger partial charge in [-0.2, -0.15) is 5.10 Å². The van der Waals surface area contributed by atoms with Crippen LogP contribution in [0.2, 0.25) is 5.02 Å². The summed E-state index contributed by atoms with van der Waals surface area (Å²) in [4.78, 5) is 19.8. The summed E-state index contributed by atoms with van der Waals surface area (Å²) in [6.07, 6.45) is 5.83. The highest BCUT2D eigenvalue weighted by atomic mass is 35.5. The first-order chi connectivity index (χ1) is 13.1. The first-order valence-electron chi connectivity index (χ1n) is 8.36. The predicted molar refractivity (Wildman–Crippen MR) is 103 cm³/mol. The summed E-state index contributed by atoms with van der Waals surface area (Å²) in [5.41, 5.74) is 3.42. The second-order valence-corrected chi connectivity index (χ2v) is 6.54. The lowest BCUT2D eigenvalue weighted by Crippen LogP contribution is -2.03. The lowest BCUT2D eigenvalue weighted by molar-refractivity contribution is 0.0697. The SMILES string of the molecule is O=C(O)c1ccnc(-c2cc3cnn(CCc4ccc(Cl)cc4)c3cn2)c1. The zero-order chi connectivity index (χ0) is 18.8. The van der Waals surface area contributed by atoms with Gasteiger partial charge < -0.3 is 5.11 Å². The van der Waals surface area contributed by atoms with Crippen LogP contribution in [-0.2, 0) is 13.0 Å². The van der Waals surface area contributed by atoms with Gasteiger partial charge in [0.2, 0.25) is 0 Å². The van der Waals surface area contributed by atoms with E-state index in [1.807, 2.05) is 35.0 Å². The smallest absolute Gasteiger partial charge is 0.335 e. The molecule has 134 valence electrons. The van der Waals surface area contributed by atoms with Crippen molar-refractivity contribution in [3.8, 4) is 11.4 Å². The number of rotatable bonds is 5. The molecule has 0 spiro atoms.